The summed E-state index contributed by atoms with van der Waals surface area (Å²) in [5.41, 5.74) is 8.76. The lowest BCUT2D eigenvalue weighted by atomic mass is 9.89. The molecule has 4 nitrogen and oxygen atoms in total. The van der Waals surface area contributed by atoms with Crippen LogP contribution >= 0.6 is 0 Å². The number of aryl methyl sites for hydroxylation is 1. The first-order chi connectivity index (χ1) is 10.7. The van der Waals surface area contributed by atoms with Gasteiger partial charge in [0, 0.05) is 30.9 Å². The van der Waals surface area contributed by atoms with Crippen molar-refractivity contribution in [1.82, 2.24) is 9.88 Å². The molecule has 3 rings (SSSR count). The van der Waals surface area contributed by atoms with Crippen LogP contribution in [0.3, 0.4) is 0 Å². The van der Waals surface area contributed by atoms with E-state index in [0.29, 0.717) is 30.5 Å². The molecule has 0 spiro atoms. The molecule has 0 radical (unpaired) electrons. The van der Waals surface area contributed by atoms with E-state index in [1.807, 2.05) is 42.2 Å². The number of benzene rings is 1. The van der Waals surface area contributed by atoms with Crippen molar-refractivity contribution < 1.29 is 4.79 Å². The van der Waals surface area contributed by atoms with Crippen LogP contribution in [-0.4, -0.2) is 35.4 Å². The number of likely N-dealkylation sites (tertiary alicyclic amines) is 1. The van der Waals surface area contributed by atoms with Gasteiger partial charge in [-0.3, -0.25) is 9.78 Å². The first-order valence-corrected chi connectivity index (χ1v) is 7.66. The molecule has 22 heavy (non-hydrogen) atoms. The topological polar surface area (TPSA) is 59.2 Å². The van der Waals surface area contributed by atoms with Gasteiger partial charge >= 0.3 is 0 Å². The van der Waals surface area contributed by atoms with E-state index in [1.54, 1.807) is 6.20 Å². The number of aromatic nitrogens is 1. The minimum Gasteiger partial charge on any atom is -0.338 e. The number of hydrogen-bond acceptors (Lipinski definition) is 3. The van der Waals surface area contributed by atoms with Crippen LogP contribution in [0.25, 0.3) is 0 Å². The molecule has 0 aliphatic carbocycles. The van der Waals surface area contributed by atoms with Crippen LogP contribution in [0.5, 0.6) is 0 Å². The molecule has 1 aromatic heterocycles. The Kier molecular flexibility index (Phi) is 4.20. The van der Waals surface area contributed by atoms with Crippen molar-refractivity contribution in [3.63, 3.8) is 0 Å². The van der Waals surface area contributed by atoms with Gasteiger partial charge in [0.15, 0.2) is 0 Å². The van der Waals surface area contributed by atoms with Crippen molar-refractivity contribution in [3.05, 3.63) is 65.5 Å². The number of hydrogen-bond donors (Lipinski definition) is 1. The molecule has 1 amide bonds. The molecule has 0 saturated carbocycles. The summed E-state index contributed by atoms with van der Waals surface area (Å²) >= 11 is 0. The van der Waals surface area contributed by atoms with Gasteiger partial charge in [-0.05, 0) is 37.1 Å². The monoisotopic (exact) mass is 295 g/mol. The summed E-state index contributed by atoms with van der Waals surface area (Å²) in [6, 6.07) is 14.0. The van der Waals surface area contributed by atoms with Gasteiger partial charge in [0.05, 0.1) is 5.56 Å². The molecule has 0 bridgehead atoms. The maximum atomic E-state index is 12.6. The highest BCUT2D eigenvalue weighted by molar-refractivity contribution is 5.94. The number of nitrogens with two attached hydrogens (primary N) is 1. The normalized spacial score (nSPS) is 21.1. The van der Waals surface area contributed by atoms with Crippen molar-refractivity contribution in [2.45, 2.75) is 12.8 Å². The van der Waals surface area contributed by atoms with Gasteiger partial charge < -0.3 is 10.6 Å². The van der Waals surface area contributed by atoms with Gasteiger partial charge in [0.1, 0.15) is 0 Å². The van der Waals surface area contributed by atoms with Crippen molar-refractivity contribution in [3.8, 4) is 0 Å². The lowest BCUT2D eigenvalue weighted by Gasteiger charge is -2.16. The average molecular weight is 295 g/mol. The zero-order valence-corrected chi connectivity index (χ0v) is 12.8. The molecule has 2 N–H and O–H groups in total. The molecule has 1 aliphatic rings. The third-order valence-electron chi connectivity index (χ3n) is 4.42. The Morgan fingerprint density at radius 3 is 2.64 bits per heavy atom. The van der Waals surface area contributed by atoms with Crippen molar-refractivity contribution >= 4 is 5.91 Å². The molecule has 1 aromatic carbocycles. The van der Waals surface area contributed by atoms with Crippen molar-refractivity contribution in [2.24, 2.45) is 11.7 Å². The quantitative estimate of drug-likeness (QED) is 0.944. The maximum Gasteiger partial charge on any atom is 0.255 e. The van der Waals surface area contributed by atoms with Crippen molar-refractivity contribution in [1.29, 1.82) is 0 Å². The second kappa shape index (κ2) is 6.28. The smallest absolute Gasteiger partial charge is 0.255 e. The molecular weight excluding hydrogens is 274 g/mol. The Bertz CT molecular complexity index is 639. The summed E-state index contributed by atoms with van der Waals surface area (Å²) in [5, 5.41) is 0. The molecule has 1 saturated heterocycles. The minimum atomic E-state index is 0.0457. The van der Waals surface area contributed by atoms with E-state index in [2.05, 4.69) is 17.1 Å². The fourth-order valence-electron chi connectivity index (χ4n) is 3.13. The molecule has 4 heteroatoms. The Balaban J connectivity index is 1.79. The highest BCUT2D eigenvalue weighted by Gasteiger charge is 2.35. The predicted octanol–water partition coefficient (Wildman–Crippen LogP) is 2.20. The summed E-state index contributed by atoms with van der Waals surface area (Å²) in [4.78, 5) is 18.8. The Hall–Kier alpha value is -2.20. The first-order valence-electron chi connectivity index (χ1n) is 7.66. The first kappa shape index (κ1) is 14.7. The second-order valence-electron chi connectivity index (χ2n) is 5.91. The Labute approximate surface area is 131 Å². The number of nitrogens with zero attached hydrogens (tertiary/aromatic N) is 2. The van der Waals surface area contributed by atoms with E-state index < -0.39 is 0 Å². The number of carbonyl (C=O) groups excluding carboxylic acids is 1. The third kappa shape index (κ3) is 2.88. The number of pyridine rings is 1. The summed E-state index contributed by atoms with van der Waals surface area (Å²) in [6.45, 7) is 3.94. The van der Waals surface area contributed by atoms with Gasteiger partial charge in [0.2, 0.25) is 0 Å². The fraction of sp³-hybridized carbons (Fsp3) is 0.333. The molecule has 114 valence electrons. The highest BCUT2D eigenvalue weighted by atomic mass is 16.2. The molecule has 0 unspecified atom stereocenters. The zero-order valence-electron chi connectivity index (χ0n) is 12.8. The van der Waals surface area contributed by atoms with E-state index in [4.69, 9.17) is 5.73 Å². The van der Waals surface area contributed by atoms with Crippen LogP contribution in [0.4, 0.5) is 0 Å². The molecule has 2 atom stereocenters. The van der Waals surface area contributed by atoms with Crippen LogP contribution in [0.2, 0.25) is 0 Å². The van der Waals surface area contributed by atoms with Crippen LogP contribution < -0.4 is 5.73 Å². The lowest BCUT2D eigenvalue weighted by molar-refractivity contribution is 0.0786. The standard InChI is InChI=1S/C18H21N3O/c1-13-7-8-15(10-20-13)18(22)21-11-16(9-19)17(12-21)14-5-3-2-4-6-14/h2-8,10,16-17H,9,11-12,19H2,1H3/t16-,17+/m1/s1. The average Bonchev–Trinajstić information content (AvgIpc) is 3.00. The SMILES string of the molecule is Cc1ccc(C(=O)N2C[C@@H](CN)[C@H](c3ccccc3)C2)cn1. The van der Waals surface area contributed by atoms with Gasteiger partial charge in [0.25, 0.3) is 5.91 Å². The lowest BCUT2D eigenvalue weighted by Crippen LogP contribution is -2.29. The summed E-state index contributed by atoms with van der Waals surface area (Å²) in [6.07, 6.45) is 1.66. The fourth-order valence-corrected chi connectivity index (χ4v) is 3.13. The molecular formula is C18H21N3O. The molecule has 2 heterocycles. The predicted molar refractivity (Wildman–Crippen MR) is 86.6 cm³/mol. The maximum absolute atomic E-state index is 12.6. The minimum absolute atomic E-state index is 0.0457. The third-order valence-corrected chi connectivity index (χ3v) is 4.42. The number of carbonyl (C=O) groups is 1. The summed E-state index contributed by atoms with van der Waals surface area (Å²) < 4.78 is 0. The second-order valence-corrected chi connectivity index (χ2v) is 5.91. The van der Waals surface area contributed by atoms with Crippen molar-refractivity contribution in [2.75, 3.05) is 19.6 Å². The van der Waals surface area contributed by atoms with Crippen LogP contribution in [0.1, 0.15) is 27.5 Å². The van der Waals surface area contributed by atoms with E-state index in [1.165, 1.54) is 5.56 Å². The molecule has 1 fully saturated rings. The summed E-state index contributed by atoms with van der Waals surface area (Å²) in [7, 11) is 0. The highest BCUT2D eigenvalue weighted by Crippen LogP contribution is 2.32. The van der Waals surface area contributed by atoms with E-state index >= 15 is 0 Å². The Morgan fingerprint density at radius 2 is 2.00 bits per heavy atom. The number of rotatable bonds is 3. The zero-order chi connectivity index (χ0) is 15.5. The molecule has 2 aromatic rings. The summed E-state index contributed by atoms with van der Waals surface area (Å²) in [5.74, 6) is 0.669. The van der Waals surface area contributed by atoms with Crippen LogP contribution in [0.15, 0.2) is 48.7 Å². The van der Waals surface area contributed by atoms with E-state index in [0.717, 1.165) is 12.2 Å². The largest absolute Gasteiger partial charge is 0.338 e. The van der Waals surface area contributed by atoms with Gasteiger partial charge in [-0.2, -0.15) is 0 Å². The van der Waals surface area contributed by atoms with Gasteiger partial charge in [-0.15, -0.1) is 0 Å². The van der Waals surface area contributed by atoms with Gasteiger partial charge in [-0.25, -0.2) is 0 Å². The van der Waals surface area contributed by atoms with E-state index in [9.17, 15) is 4.79 Å². The molecule has 1 aliphatic heterocycles. The van der Waals surface area contributed by atoms with Crippen LogP contribution in [0, 0.1) is 12.8 Å². The number of amides is 1. The van der Waals surface area contributed by atoms with Gasteiger partial charge in [-0.1, -0.05) is 30.3 Å². The van der Waals surface area contributed by atoms with E-state index in [-0.39, 0.29) is 5.91 Å². The van der Waals surface area contributed by atoms with Crippen LogP contribution in [-0.2, 0) is 0 Å². The Morgan fingerprint density at radius 1 is 1.23 bits per heavy atom.